The molecule has 0 aliphatic heterocycles. The van der Waals surface area contributed by atoms with Crippen LogP contribution in [-0.2, 0) is 6.42 Å². The second-order valence-corrected chi connectivity index (χ2v) is 4.87. The van der Waals surface area contributed by atoms with Crippen LogP contribution in [0.4, 0.5) is 0 Å². The van der Waals surface area contributed by atoms with Crippen LogP contribution in [0.1, 0.15) is 30.0 Å². The number of hydrogen-bond donors (Lipinski definition) is 1. The molecule has 1 atom stereocenters. The molecule has 1 unspecified atom stereocenters. The molecule has 0 aliphatic carbocycles. The van der Waals surface area contributed by atoms with Crippen LogP contribution >= 0.6 is 15.9 Å². The maximum atomic E-state index is 9.04. The molecule has 1 N–H and O–H groups in total. The van der Waals surface area contributed by atoms with Crippen molar-refractivity contribution >= 4 is 15.9 Å². The minimum Gasteiger partial charge on any atom is -0.448 e. The smallest absolute Gasteiger partial charge is 0.198 e. The summed E-state index contributed by atoms with van der Waals surface area (Å²) in [6.07, 6.45) is 2.27. The van der Waals surface area contributed by atoms with E-state index < -0.39 is 0 Å². The highest BCUT2D eigenvalue weighted by molar-refractivity contribution is 9.10. The first kappa shape index (κ1) is 12.3. The average molecular weight is 296 g/mol. The van der Waals surface area contributed by atoms with Crippen molar-refractivity contribution in [3.8, 4) is 0 Å². The van der Waals surface area contributed by atoms with Crippen LogP contribution < -0.4 is 0 Å². The zero-order valence-corrected chi connectivity index (χ0v) is 11.1. The van der Waals surface area contributed by atoms with Crippen molar-refractivity contribution in [2.24, 2.45) is 0 Å². The number of oxazole rings is 1. The maximum Gasteiger partial charge on any atom is 0.198 e. The Labute approximate surface area is 109 Å². The minimum atomic E-state index is 0.0201. The summed E-state index contributed by atoms with van der Waals surface area (Å²) < 4.78 is 6.45. The van der Waals surface area contributed by atoms with Gasteiger partial charge in [0.05, 0.1) is 18.7 Å². The molecule has 17 heavy (non-hydrogen) atoms. The zero-order valence-electron chi connectivity index (χ0n) is 9.56. The highest BCUT2D eigenvalue weighted by atomic mass is 79.9. The van der Waals surface area contributed by atoms with Crippen molar-refractivity contribution in [1.29, 1.82) is 0 Å². The van der Waals surface area contributed by atoms with Crippen molar-refractivity contribution in [3.63, 3.8) is 0 Å². The van der Waals surface area contributed by atoms with Crippen LogP contribution in [0.25, 0.3) is 0 Å². The molecular formula is C13H14BrNO2. The number of nitrogens with zero attached hydrogens (tertiary/aromatic N) is 1. The van der Waals surface area contributed by atoms with E-state index in [0.717, 1.165) is 15.7 Å². The highest BCUT2D eigenvalue weighted by Gasteiger charge is 2.11. The molecule has 0 aliphatic rings. The quantitative estimate of drug-likeness (QED) is 0.943. The van der Waals surface area contributed by atoms with E-state index in [2.05, 4.69) is 20.9 Å². The molecule has 0 spiro atoms. The molecule has 0 amide bonds. The van der Waals surface area contributed by atoms with Crippen molar-refractivity contribution in [2.45, 2.75) is 19.3 Å². The third kappa shape index (κ3) is 2.96. The van der Waals surface area contributed by atoms with Gasteiger partial charge in [-0.25, -0.2) is 4.98 Å². The Morgan fingerprint density at radius 1 is 1.41 bits per heavy atom. The lowest BCUT2D eigenvalue weighted by molar-refractivity contribution is 0.271. The van der Waals surface area contributed by atoms with Crippen LogP contribution in [0.3, 0.4) is 0 Å². The Kier molecular flexibility index (Phi) is 3.97. The van der Waals surface area contributed by atoms with Gasteiger partial charge < -0.3 is 9.52 Å². The summed E-state index contributed by atoms with van der Waals surface area (Å²) >= 11 is 3.49. The van der Waals surface area contributed by atoms with Gasteiger partial charge in [0.2, 0.25) is 0 Å². The average Bonchev–Trinajstić information content (AvgIpc) is 2.80. The second-order valence-electron chi connectivity index (χ2n) is 4.02. The topological polar surface area (TPSA) is 46.3 Å². The van der Waals surface area contributed by atoms with Gasteiger partial charge in [0.1, 0.15) is 6.26 Å². The maximum absolute atomic E-state index is 9.04. The van der Waals surface area contributed by atoms with Gasteiger partial charge in [0.15, 0.2) is 5.89 Å². The molecule has 90 valence electrons. The molecule has 0 saturated heterocycles. The number of benzene rings is 1. The van der Waals surface area contributed by atoms with Gasteiger partial charge in [0.25, 0.3) is 0 Å². The van der Waals surface area contributed by atoms with Crippen molar-refractivity contribution in [2.75, 3.05) is 6.61 Å². The lowest BCUT2D eigenvalue weighted by Crippen LogP contribution is -1.99. The van der Waals surface area contributed by atoms with Gasteiger partial charge in [-0.3, -0.25) is 0 Å². The number of aromatic nitrogens is 1. The molecular weight excluding hydrogens is 282 g/mol. The van der Waals surface area contributed by atoms with Crippen LogP contribution in [-0.4, -0.2) is 16.7 Å². The van der Waals surface area contributed by atoms with Gasteiger partial charge in [-0.2, -0.15) is 0 Å². The molecule has 3 nitrogen and oxygen atoms in total. The molecule has 0 saturated carbocycles. The first-order chi connectivity index (χ1) is 8.20. The molecule has 0 radical (unpaired) electrons. The lowest BCUT2D eigenvalue weighted by Gasteiger charge is -2.01. The SMILES string of the molecule is CC(CO)c1coc(Cc2ccccc2Br)n1. The monoisotopic (exact) mass is 295 g/mol. The molecule has 2 rings (SSSR count). The Bertz CT molecular complexity index is 496. The predicted octanol–water partition coefficient (Wildman–Crippen LogP) is 3.12. The summed E-state index contributed by atoms with van der Waals surface area (Å²) in [6, 6.07) is 7.99. The fourth-order valence-electron chi connectivity index (χ4n) is 1.53. The Morgan fingerprint density at radius 3 is 2.88 bits per heavy atom. The summed E-state index contributed by atoms with van der Waals surface area (Å²) in [5.41, 5.74) is 1.94. The van der Waals surface area contributed by atoms with Gasteiger partial charge >= 0.3 is 0 Å². The van der Waals surface area contributed by atoms with Gasteiger partial charge in [-0.05, 0) is 11.6 Å². The Hall–Kier alpha value is -1.13. The third-order valence-electron chi connectivity index (χ3n) is 2.65. The van der Waals surface area contributed by atoms with Crippen LogP contribution in [0.5, 0.6) is 0 Å². The van der Waals surface area contributed by atoms with E-state index in [-0.39, 0.29) is 12.5 Å². The zero-order chi connectivity index (χ0) is 12.3. The van der Waals surface area contributed by atoms with Crippen LogP contribution in [0.2, 0.25) is 0 Å². The predicted molar refractivity (Wildman–Crippen MR) is 69.0 cm³/mol. The Balaban J connectivity index is 2.14. The van der Waals surface area contributed by atoms with E-state index in [4.69, 9.17) is 9.52 Å². The van der Waals surface area contributed by atoms with E-state index in [1.54, 1.807) is 6.26 Å². The van der Waals surface area contributed by atoms with E-state index in [1.165, 1.54) is 0 Å². The fourth-order valence-corrected chi connectivity index (χ4v) is 1.96. The number of aliphatic hydroxyl groups excluding tert-OH is 1. The van der Waals surface area contributed by atoms with Crippen molar-refractivity contribution in [3.05, 3.63) is 52.1 Å². The highest BCUT2D eigenvalue weighted by Crippen LogP contribution is 2.20. The first-order valence-electron chi connectivity index (χ1n) is 5.49. The minimum absolute atomic E-state index is 0.0201. The number of rotatable bonds is 4. The summed E-state index contributed by atoms with van der Waals surface area (Å²) in [7, 11) is 0. The summed E-state index contributed by atoms with van der Waals surface area (Å²) in [6.45, 7) is 2.00. The third-order valence-corrected chi connectivity index (χ3v) is 3.42. The van der Waals surface area contributed by atoms with Crippen LogP contribution in [0.15, 0.2) is 39.4 Å². The molecule has 1 heterocycles. The summed E-state index contributed by atoms with van der Waals surface area (Å²) in [5.74, 6) is 0.693. The lowest BCUT2D eigenvalue weighted by atomic mass is 10.1. The first-order valence-corrected chi connectivity index (χ1v) is 6.28. The normalized spacial score (nSPS) is 12.6. The number of hydrogen-bond acceptors (Lipinski definition) is 3. The fraction of sp³-hybridized carbons (Fsp3) is 0.308. The van der Waals surface area contributed by atoms with E-state index in [0.29, 0.717) is 12.3 Å². The van der Waals surface area contributed by atoms with E-state index in [9.17, 15) is 0 Å². The summed E-state index contributed by atoms with van der Waals surface area (Å²) in [4.78, 5) is 4.37. The molecule has 1 aromatic heterocycles. The second kappa shape index (κ2) is 5.47. The number of halogens is 1. The number of aliphatic hydroxyl groups is 1. The van der Waals surface area contributed by atoms with Gasteiger partial charge in [-0.15, -0.1) is 0 Å². The molecule has 2 aromatic rings. The van der Waals surface area contributed by atoms with Gasteiger partial charge in [-0.1, -0.05) is 41.1 Å². The van der Waals surface area contributed by atoms with E-state index in [1.807, 2.05) is 31.2 Å². The van der Waals surface area contributed by atoms with E-state index >= 15 is 0 Å². The summed E-state index contributed by atoms with van der Waals surface area (Å²) in [5, 5.41) is 9.04. The largest absolute Gasteiger partial charge is 0.448 e. The standard InChI is InChI=1S/C13H14BrNO2/c1-9(7-16)12-8-17-13(15-12)6-10-4-2-3-5-11(10)14/h2-5,8-9,16H,6-7H2,1H3. The molecule has 0 bridgehead atoms. The van der Waals surface area contributed by atoms with Crippen molar-refractivity contribution in [1.82, 2.24) is 4.98 Å². The van der Waals surface area contributed by atoms with Gasteiger partial charge in [0, 0.05) is 10.4 Å². The molecule has 1 aromatic carbocycles. The molecule has 0 fully saturated rings. The van der Waals surface area contributed by atoms with Crippen LogP contribution in [0, 0.1) is 0 Å². The molecule has 4 heteroatoms. The Morgan fingerprint density at radius 2 is 2.18 bits per heavy atom. The van der Waals surface area contributed by atoms with Crippen molar-refractivity contribution < 1.29 is 9.52 Å².